The molecule has 0 aromatic heterocycles. The summed E-state index contributed by atoms with van der Waals surface area (Å²) < 4.78 is 0.0400. The lowest BCUT2D eigenvalue weighted by Gasteiger charge is -2.43. The van der Waals surface area contributed by atoms with E-state index in [1.807, 2.05) is 12.3 Å². The molecule has 1 aliphatic carbocycles. The van der Waals surface area contributed by atoms with Gasteiger partial charge in [-0.1, -0.05) is 5.43 Å². The summed E-state index contributed by atoms with van der Waals surface area (Å²) in [5.74, 6) is 7.97. The number of nitrogens with one attached hydrogen (secondary N) is 3. The van der Waals surface area contributed by atoms with Crippen LogP contribution in [-0.4, -0.2) is 32.9 Å². The average Bonchev–Trinajstić information content (AvgIpc) is 2.96. The Balaban J connectivity index is 1.62. The molecule has 0 bridgehead atoms. The fraction of sp³-hybridized carbons (Fsp3) is 0.538. The molecule has 0 aromatic rings. The van der Waals surface area contributed by atoms with E-state index in [2.05, 4.69) is 16.2 Å². The molecular weight excluding hydrogens is 286 g/mol. The first-order chi connectivity index (χ1) is 10.6. The van der Waals surface area contributed by atoms with Gasteiger partial charge < -0.3 is 15.4 Å². The Morgan fingerprint density at radius 2 is 2.32 bits per heavy atom. The minimum absolute atomic E-state index is 0.0299. The standard InChI is InChI=1S/C13H18N7O2/c14-18-7-9-5-10(8-1-2-8)16-12(9)20-13(18,3-4-15-20)6-11(17-20)19(21)22/h3-4,6,8,10,15-17H,1-2,5,7,14H2/q+1. The van der Waals surface area contributed by atoms with Crippen LogP contribution in [0.3, 0.4) is 0 Å². The molecule has 0 spiro atoms. The molecule has 5 rings (SSSR count). The first kappa shape index (κ1) is 12.4. The summed E-state index contributed by atoms with van der Waals surface area (Å²) >= 11 is 0. The van der Waals surface area contributed by atoms with Crippen molar-refractivity contribution >= 4 is 0 Å². The Morgan fingerprint density at radius 1 is 1.50 bits per heavy atom. The van der Waals surface area contributed by atoms with E-state index >= 15 is 0 Å². The maximum absolute atomic E-state index is 11.3. The number of nitro groups is 1. The van der Waals surface area contributed by atoms with E-state index in [-0.39, 0.29) is 10.5 Å². The monoisotopic (exact) mass is 304 g/mol. The second-order valence-corrected chi connectivity index (χ2v) is 6.69. The lowest BCUT2D eigenvalue weighted by Crippen LogP contribution is -2.77. The van der Waals surface area contributed by atoms with Crippen molar-refractivity contribution in [2.45, 2.75) is 31.0 Å². The van der Waals surface area contributed by atoms with Crippen molar-refractivity contribution in [1.82, 2.24) is 21.2 Å². The molecule has 4 heterocycles. The van der Waals surface area contributed by atoms with Crippen LogP contribution in [0.25, 0.3) is 0 Å². The largest absolute Gasteiger partial charge is 0.371 e. The van der Waals surface area contributed by atoms with Crippen molar-refractivity contribution < 1.29 is 9.62 Å². The summed E-state index contributed by atoms with van der Waals surface area (Å²) in [6.07, 6.45) is 8.76. The third-order valence-electron chi connectivity index (χ3n) is 5.43. The van der Waals surface area contributed by atoms with Crippen LogP contribution in [0.1, 0.15) is 19.3 Å². The third-order valence-corrected chi connectivity index (χ3v) is 5.43. The molecule has 3 atom stereocenters. The van der Waals surface area contributed by atoms with Gasteiger partial charge in [0.2, 0.25) is 0 Å². The summed E-state index contributed by atoms with van der Waals surface area (Å²) in [6.45, 7) is 0.612. The second kappa shape index (κ2) is 3.62. The molecule has 5 aliphatic rings. The predicted molar refractivity (Wildman–Crippen MR) is 75.7 cm³/mol. The molecule has 4 aliphatic heterocycles. The number of nitrogens with two attached hydrogens (primary N) is 1. The van der Waals surface area contributed by atoms with E-state index in [0.29, 0.717) is 18.5 Å². The maximum Gasteiger partial charge on any atom is 0.371 e. The van der Waals surface area contributed by atoms with E-state index in [1.165, 1.54) is 18.4 Å². The van der Waals surface area contributed by atoms with Gasteiger partial charge in [0.15, 0.2) is 0 Å². The van der Waals surface area contributed by atoms with Crippen molar-refractivity contribution in [2.24, 2.45) is 11.8 Å². The molecule has 116 valence electrons. The summed E-state index contributed by atoms with van der Waals surface area (Å²) in [6, 6.07) is 0.422. The zero-order valence-corrected chi connectivity index (χ0v) is 12.0. The van der Waals surface area contributed by atoms with E-state index in [4.69, 9.17) is 5.84 Å². The first-order valence-corrected chi connectivity index (χ1v) is 7.57. The minimum Gasteiger partial charge on any atom is -0.358 e. The molecule has 5 N–H and O–H groups in total. The van der Waals surface area contributed by atoms with Gasteiger partial charge in [-0.05, 0) is 30.1 Å². The zero-order chi connectivity index (χ0) is 15.1. The van der Waals surface area contributed by atoms with Crippen LogP contribution < -0.4 is 22.0 Å². The lowest BCUT2D eigenvalue weighted by molar-refractivity contribution is -1.01. The van der Waals surface area contributed by atoms with Crippen molar-refractivity contribution in [2.75, 3.05) is 6.54 Å². The molecule has 1 saturated carbocycles. The zero-order valence-electron chi connectivity index (χ0n) is 12.0. The van der Waals surface area contributed by atoms with Gasteiger partial charge in [0, 0.05) is 28.9 Å². The second-order valence-electron chi connectivity index (χ2n) is 6.69. The highest BCUT2D eigenvalue weighted by atomic mass is 16.6. The van der Waals surface area contributed by atoms with Crippen molar-refractivity contribution in [3.63, 3.8) is 0 Å². The Bertz CT molecular complexity index is 682. The smallest absolute Gasteiger partial charge is 0.358 e. The highest BCUT2D eigenvalue weighted by Gasteiger charge is 2.72. The summed E-state index contributed by atoms with van der Waals surface area (Å²) in [5, 5.41) is 16.6. The molecule has 1 fully saturated rings. The Labute approximate surface area is 126 Å². The number of quaternary nitrogens is 1. The Morgan fingerprint density at radius 3 is 3.05 bits per heavy atom. The third kappa shape index (κ3) is 1.25. The van der Waals surface area contributed by atoms with Crippen LogP contribution in [0.4, 0.5) is 0 Å². The summed E-state index contributed by atoms with van der Waals surface area (Å²) in [7, 11) is 0. The van der Waals surface area contributed by atoms with Gasteiger partial charge in [-0.15, -0.1) is 0 Å². The van der Waals surface area contributed by atoms with E-state index in [0.717, 1.165) is 12.2 Å². The fourth-order valence-corrected chi connectivity index (χ4v) is 4.20. The molecule has 0 amide bonds. The highest BCUT2D eigenvalue weighted by molar-refractivity contribution is 5.31. The molecule has 0 saturated heterocycles. The van der Waals surface area contributed by atoms with Crippen LogP contribution in [0.15, 0.2) is 35.6 Å². The molecule has 0 aromatic carbocycles. The topological polar surface area (TPSA) is 108 Å². The quantitative estimate of drug-likeness (QED) is 0.232. The summed E-state index contributed by atoms with van der Waals surface area (Å²) in [5.41, 5.74) is 6.68. The van der Waals surface area contributed by atoms with E-state index < -0.39 is 10.6 Å². The maximum atomic E-state index is 11.3. The molecule has 9 nitrogen and oxygen atoms in total. The number of nitrogens with zero attached hydrogens (tertiary/aromatic N) is 3. The van der Waals surface area contributed by atoms with Crippen molar-refractivity contribution in [3.05, 3.63) is 45.7 Å². The van der Waals surface area contributed by atoms with Crippen LogP contribution in [0, 0.1) is 16.0 Å². The van der Waals surface area contributed by atoms with Crippen LogP contribution in [0.2, 0.25) is 0 Å². The van der Waals surface area contributed by atoms with Gasteiger partial charge in [0.25, 0.3) is 11.5 Å². The molecule has 3 unspecified atom stereocenters. The van der Waals surface area contributed by atoms with Crippen molar-refractivity contribution in [1.29, 1.82) is 0 Å². The van der Waals surface area contributed by atoms with Gasteiger partial charge in [-0.3, -0.25) is 5.84 Å². The fourth-order valence-electron chi connectivity index (χ4n) is 4.20. The van der Waals surface area contributed by atoms with Gasteiger partial charge in [0.05, 0.1) is 6.20 Å². The van der Waals surface area contributed by atoms with Crippen LogP contribution in [-0.2, 0) is 0 Å². The normalized spacial score (nSPS) is 42.0. The Kier molecular flexibility index (Phi) is 2.05. The van der Waals surface area contributed by atoms with E-state index in [1.54, 1.807) is 11.1 Å². The first-order valence-electron chi connectivity index (χ1n) is 7.57. The lowest BCUT2D eigenvalue weighted by atomic mass is 10.0. The molecule has 9 heteroatoms. The number of hydrogen-bond donors (Lipinski definition) is 4. The summed E-state index contributed by atoms with van der Waals surface area (Å²) in [4.78, 5) is 10.9. The average molecular weight is 304 g/mol. The molecular formula is C13H18N7O2+. The molecule has 0 radical (unpaired) electrons. The van der Waals surface area contributed by atoms with Gasteiger partial charge in [-0.25, -0.2) is 0 Å². The minimum atomic E-state index is -0.799. The van der Waals surface area contributed by atoms with Crippen LogP contribution >= 0.6 is 0 Å². The number of rotatable bonds is 2. The number of hydrogen-bond acceptors (Lipinski definition) is 7. The SMILES string of the molecule is NN1CC2=C(NC(C3CC3)C2)[N+]23NC=CC12C=C([N+](=O)[O-])N3. The van der Waals surface area contributed by atoms with Gasteiger partial charge >= 0.3 is 5.82 Å². The van der Waals surface area contributed by atoms with Gasteiger partial charge in [-0.2, -0.15) is 10.4 Å². The van der Waals surface area contributed by atoms with E-state index in [9.17, 15) is 10.1 Å². The van der Waals surface area contributed by atoms with Crippen LogP contribution in [0.5, 0.6) is 0 Å². The highest BCUT2D eigenvalue weighted by Crippen LogP contribution is 2.48. The molecule has 22 heavy (non-hydrogen) atoms. The Hall–Kier alpha value is -2.10. The van der Waals surface area contributed by atoms with Gasteiger partial charge in [0.1, 0.15) is 6.08 Å². The van der Waals surface area contributed by atoms with Crippen molar-refractivity contribution in [3.8, 4) is 0 Å². The predicted octanol–water partition coefficient (Wildman–Crippen LogP) is -0.659. The number of hydrazine groups is 1.